The van der Waals surface area contributed by atoms with Crippen molar-refractivity contribution in [2.45, 2.75) is 0 Å². The van der Waals surface area contributed by atoms with Gasteiger partial charge in [0, 0.05) is 28.7 Å². The van der Waals surface area contributed by atoms with E-state index in [4.69, 9.17) is 0 Å². The summed E-state index contributed by atoms with van der Waals surface area (Å²) >= 11 is 0. The van der Waals surface area contributed by atoms with Gasteiger partial charge in [-0.3, -0.25) is 4.98 Å². The Hall–Kier alpha value is -1.84. The summed E-state index contributed by atoms with van der Waals surface area (Å²) in [5, 5.41) is 13.6. The molecule has 3 rings (SSSR count). The zero-order valence-corrected chi connectivity index (χ0v) is 9.69. The summed E-state index contributed by atoms with van der Waals surface area (Å²) in [6.07, 6.45) is 4.77. The number of aromatic nitrogens is 2. The zero-order valence-electron chi connectivity index (χ0n) is 8.75. The molecule has 0 aliphatic rings. The molecule has 1 radical (unpaired) electrons. The summed E-state index contributed by atoms with van der Waals surface area (Å²) in [5.41, 5.74) is 0.662. The van der Waals surface area contributed by atoms with Gasteiger partial charge in [-0.25, -0.2) is 0 Å². The van der Waals surface area contributed by atoms with Gasteiger partial charge in [-0.05, 0) is 18.2 Å². The Morgan fingerprint density at radius 2 is 1.82 bits per heavy atom. The fourth-order valence-corrected chi connectivity index (χ4v) is 1.26. The molecular formula is C12H10CuN2O2. The summed E-state index contributed by atoms with van der Waals surface area (Å²) in [6, 6.07) is 10.8. The van der Waals surface area contributed by atoms with Crippen LogP contribution in [0.25, 0.3) is 10.9 Å². The molecule has 0 fully saturated rings. The fraction of sp³-hybridized carbons (Fsp3) is 0. The molecule has 0 aliphatic carbocycles. The van der Waals surface area contributed by atoms with Gasteiger partial charge < -0.3 is 9.63 Å². The number of hydrogen-bond donors (Lipinski definition) is 1. The minimum Gasteiger partial charge on any atom is -0.506 e. The zero-order chi connectivity index (χ0) is 11.2. The Bertz CT molecular complexity index is 533. The number of aromatic hydroxyl groups is 1. The summed E-state index contributed by atoms with van der Waals surface area (Å²) in [5.74, 6) is 0.239. The molecule has 0 saturated heterocycles. The van der Waals surface area contributed by atoms with Gasteiger partial charge >= 0.3 is 0 Å². The Morgan fingerprint density at radius 1 is 1.00 bits per heavy atom. The first-order valence-corrected chi connectivity index (χ1v) is 4.75. The van der Waals surface area contributed by atoms with Crippen LogP contribution in [0.5, 0.6) is 5.75 Å². The van der Waals surface area contributed by atoms with E-state index in [9.17, 15) is 5.11 Å². The first kappa shape index (κ1) is 13.2. The minimum atomic E-state index is 0. The molecule has 1 aromatic carbocycles. The topological polar surface area (TPSA) is 59.2 Å². The van der Waals surface area contributed by atoms with Gasteiger partial charge in [-0.15, -0.1) is 0 Å². The Balaban J connectivity index is 0.000000205. The molecule has 0 spiro atoms. The van der Waals surface area contributed by atoms with Crippen LogP contribution in [0.2, 0.25) is 0 Å². The van der Waals surface area contributed by atoms with Crippen molar-refractivity contribution in [2.75, 3.05) is 0 Å². The second-order valence-corrected chi connectivity index (χ2v) is 3.04. The average Bonchev–Trinajstić information content (AvgIpc) is 2.88. The van der Waals surface area contributed by atoms with Crippen molar-refractivity contribution in [1.29, 1.82) is 0 Å². The van der Waals surface area contributed by atoms with Gasteiger partial charge in [0.15, 0.2) is 0 Å². The molecule has 0 aliphatic heterocycles. The number of hydrogen-bond acceptors (Lipinski definition) is 4. The van der Waals surface area contributed by atoms with Gasteiger partial charge in [0.2, 0.25) is 0 Å². The van der Waals surface area contributed by atoms with Crippen molar-refractivity contribution in [1.82, 2.24) is 10.1 Å². The van der Waals surface area contributed by atoms with E-state index in [0.29, 0.717) is 5.52 Å². The largest absolute Gasteiger partial charge is 0.506 e. The summed E-state index contributed by atoms with van der Waals surface area (Å²) in [6.45, 7) is 0. The maximum absolute atomic E-state index is 9.31. The molecule has 2 aromatic heterocycles. The molecule has 4 nitrogen and oxygen atoms in total. The predicted molar refractivity (Wildman–Crippen MR) is 59.9 cm³/mol. The Kier molecular flexibility index (Phi) is 5.20. The van der Waals surface area contributed by atoms with E-state index >= 15 is 0 Å². The van der Waals surface area contributed by atoms with Crippen LogP contribution in [0, 0.1) is 0 Å². The normalized spacial score (nSPS) is 8.94. The van der Waals surface area contributed by atoms with E-state index < -0.39 is 0 Å². The van der Waals surface area contributed by atoms with Gasteiger partial charge in [-0.2, -0.15) is 0 Å². The molecule has 0 saturated carbocycles. The van der Waals surface area contributed by atoms with E-state index in [1.54, 1.807) is 30.6 Å². The summed E-state index contributed by atoms with van der Waals surface area (Å²) < 4.78 is 4.33. The van der Waals surface area contributed by atoms with Crippen molar-refractivity contribution in [3.05, 3.63) is 55.1 Å². The third kappa shape index (κ3) is 3.59. The molecule has 0 unspecified atom stereocenters. The number of benzene rings is 1. The average molecular weight is 278 g/mol. The SMILES string of the molecule is Oc1cccc2cccnc12.[Cu].c1cnoc1. The van der Waals surface area contributed by atoms with Gasteiger partial charge in [0.1, 0.15) is 17.5 Å². The van der Waals surface area contributed by atoms with E-state index in [-0.39, 0.29) is 22.8 Å². The van der Waals surface area contributed by atoms with Gasteiger partial charge in [0.05, 0.1) is 6.20 Å². The van der Waals surface area contributed by atoms with Crippen LogP contribution in [-0.2, 0) is 17.1 Å². The molecule has 5 heteroatoms. The molecule has 2 heterocycles. The standard InChI is InChI=1S/C9H7NO.C3H3NO.Cu/c11-8-5-1-3-7-4-2-6-10-9(7)8;1-2-4-5-3-1;/h1-6,11H;1-3H;. The molecule has 1 N–H and O–H groups in total. The first-order valence-electron chi connectivity index (χ1n) is 4.75. The van der Waals surface area contributed by atoms with Crippen LogP contribution in [0.15, 0.2) is 59.6 Å². The van der Waals surface area contributed by atoms with E-state index in [0.717, 1.165) is 5.39 Å². The number of fused-ring (bicyclic) bond motifs is 1. The fourth-order valence-electron chi connectivity index (χ4n) is 1.26. The quantitative estimate of drug-likeness (QED) is 0.642. The number of pyridine rings is 1. The van der Waals surface area contributed by atoms with Crippen molar-refractivity contribution < 1.29 is 26.7 Å². The predicted octanol–water partition coefficient (Wildman–Crippen LogP) is 2.61. The maximum atomic E-state index is 9.31. The molecule has 91 valence electrons. The maximum Gasteiger partial charge on any atom is 0.141 e. The third-order valence-electron chi connectivity index (χ3n) is 1.96. The van der Waals surface area contributed by atoms with Crippen molar-refractivity contribution >= 4 is 10.9 Å². The number of para-hydroxylation sites is 1. The number of rotatable bonds is 0. The van der Waals surface area contributed by atoms with Crippen molar-refractivity contribution in [2.24, 2.45) is 0 Å². The van der Waals surface area contributed by atoms with Gasteiger partial charge in [0.25, 0.3) is 0 Å². The number of phenols is 1. The molecule has 3 aromatic rings. The van der Waals surface area contributed by atoms with Crippen molar-refractivity contribution in [3.63, 3.8) is 0 Å². The molecule has 0 atom stereocenters. The van der Waals surface area contributed by atoms with E-state index in [2.05, 4.69) is 14.7 Å². The second kappa shape index (κ2) is 6.68. The monoisotopic (exact) mass is 277 g/mol. The number of nitrogens with zero attached hydrogens (tertiary/aromatic N) is 2. The second-order valence-electron chi connectivity index (χ2n) is 3.04. The van der Waals surface area contributed by atoms with Crippen LogP contribution < -0.4 is 0 Å². The van der Waals surface area contributed by atoms with Crippen molar-refractivity contribution in [3.8, 4) is 5.75 Å². The molecule has 0 amide bonds. The first-order chi connectivity index (χ1) is 7.88. The van der Waals surface area contributed by atoms with Crippen LogP contribution >= 0.6 is 0 Å². The Labute approximate surface area is 109 Å². The number of phenolic OH excluding ortho intramolecular Hbond substituents is 1. The van der Waals surface area contributed by atoms with Crippen LogP contribution in [0.4, 0.5) is 0 Å². The van der Waals surface area contributed by atoms with E-state index in [1.807, 2.05) is 18.2 Å². The molecule has 0 bridgehead atoms. The Morgan fingerprint density at radius 3 is 2.41 bits per heavy atom. The van der Waals surface area contributed by atoms with Crippen LogP contribution in [-0.4, -0.2) is 15.2 Å². The van der Waals surface area contributed by atoms with Crippen LogP contribution in [0.1, 0.15) is 0 Å². The summed E-state index contributed by atoms with van der Waals surface area (Å²) in [7, 11) is 0. The third-order valence-corrected chi connectivity index (χ3v) is 1.96. The summed E-state index contributed by atoms with van der Waals surface area (Å²) in [4.78, 5) is 4.03. The molecular weight excluding hydrogens is 268 g/mol. The molecule has 17 heavy (non-hydrogen) atoms. The van der Waals surface area contributed by atoms with E-state index in [1.165, 1.54) is 6.26 Å². The van der Waals surface area contributed by atoms with Crippen LogP contribution in [0.3, 0.4) is 0 Å². The minimum absolute atomic E-state index is 0. The smallest absolute Gasteiger partial charge is 0.141 e. The van der Waals surface area contributed by atoms with Gasteiger partial charge in [-0.1, -0.05) is 23.4 Å².